The number of halogens is 5. The van der Waals surface area contributed by atoms with Gasteiger partial charge in [-0.05, 0) is 37.5 Å². The Morgan fingerprint density at radius 1 is 1.24 bits per heavy atom. The highest BCUT2D eigenvalue weighted by molar-refractivity contribution is 7.91. The third kappa shape index (κ3) is 4.32. The van der Waals surface area contributed by atoms with Gasteiger partial charge >= 0.3 is 6.18 Å². The first-order valence-corrected chi connectivity index (χ1v) is 12.3. The largest absolute Gasteiger partial charge is 0.418 e. The molecule has 2 aromatic heterocycles. The Bertz CT molecular complexity index is 1260. The van der Waals surface area contributed by atoms with E-state index in [2.05, 4.69) is 15.3 Å². The van der Waals surface area contributed by atoms with Crippen molar-refractivity contribution in [2.45, 2.75) is 43.3 Å². The average Bonchev–Trinajstić information content (AvgIpc) is 3.49. The average molecular weight is 503 g/mol. The topological polar surface area (TPSA) is 99.0 Å². The standard InChI is InChI=1S/C21H22F5N5O2S/c1-12-14(21(24,25)26)10-29-17(31-8-6-20(22,23)19(11-31)4-5-19)16(12)18(32)30-13-3-7-28-15(9-13)34(2,27)33/h3,7,9-10,27H,4-6,8,11H2,1-2H3,(H,28,30,32)/t34-/m1/s1. The molecule has 0 unspecified atom stereocenters. The Morgan fingerprint density at radius 2 is 1.91 bits per heavy atom. The Labute approximate surface area is 192 Å². The van der Waals surface area contributed by atoms with Crippen LogP contribution in [0.15, 0.2) is 29.6 Å². The van der Waals surface area contributed by atoms with E-state index in [1.807, 2.05) is 0 Å². The molecular formula is C21H22F5N5O2S. The molecule has 1 aliphatic carbocycles. The highest BCUT2D eigenvalue weighted by atomic mass is 32.2. The molecule has 2 N–H and O–H groups in total. The maximum Gasteiger partial charge on any atom is 0.418 e. The van der Waals surface area contributed by atoms with Crippen molar-refractivity contribution in [3.05, 3.63) is 41.2 Å². The minimum absolute atomic E-state index is 0.0726. The number of carbonyl (C=O) groups excluding carboxylic acids is 1. The van der Waals surface area contributed by atoms with Crippen molar-refractivity contribution in [2.24, 2.45) is 5.41 Å². The summed E-state index contributed by atoms with van der Waals surface area (Å²) in [6.07, 6.45) is -1.71. The Hall–Kier alpha value is -2.83. The predicted octanol–water partition coefficient (Wildman–Crippen LogP) is 4.72. The fraction of sp³-hybridized carbons (Fsp3) is 0.476. The molecule has 3 heterocycles. The molecule has 0 radical (unpaired) electrons. The van der Waals surface area contributed by atoms with Crippen LogP contribution in [0.3, 0.4) is 0 Å². The smallest absolute Gasteiger partial charge is 0.355 e. The van der Waals surface area contributed by atoms with Crippen LogP contribution in [0, 0.1) is 17.1 Å². The van der Waals surface area contributed by atoms with E-state index in [4.69, 9.17) is 4.78 Å². The minimum atomic E-state index is -4.78. The van der Waals surface area contributed by atoms with E-state index in [1.54, 1.807) is 0 Å². The van der Waals surface area contributed by atoms with Crippen LogP contribution in [0.25, 0.3) is 0 Å². The molecule has 2 fully saturated rings. The summed E-state index contributed by atoms with van der Waals surface area (Å²) in [5.41, 5.74) is -3.05. The molecule has 1 amide bonds. The van der Waals surface area contributed by atoms with Gasteiger partial charge in [-0.15, -0.1) is 0 Å². The second kappa shape index (κ2) is 7.85. The number of nitrogens with zero attached hydrogens (tertiary/aromatic N) is 3. The lowest BCUT2D eigenvalue weighted by Gasteiger charge is -2.40. The summed E-state index contributed by atoms with van der Waals surface area (Å²) in [6.45, 7) is 0.853. The molecule has 1 atom stereocenters. The van der Waals surface area contributed by atoms with Gasteiger partial charge in [-0.25, -0.2) is 27.7 Å². The molecule has 1 saturated carbocycles. The van der Waals surface area contributed by atoms with E-state index >= 15 is 0 Å². The van der Waals surface area contributed by atoms with Gasteiger partial charge in [0, 0.05) is 43.8 Å². The molecule has 1 spiro atoms. The summed E-state index contributed by atoms with van der Waals surface area (Å²) < 4.78 is 89.1. The van der Waals surface area contributed by atoms with Crippen molar-refractivity contribution in [3.8, 4) is 0 Å². The molecule has 13 heteroatoms. The van der Waals surface area contributed by atoms with Crippen LogP contribution in [0.5, 0.6) is 0 Å². The van der Waals surface area contributed by atoms with Crippen LogP contribution in [-0.2, 0) is 15.9 Å². The number of carbonyl (C=O) groups is 1. The number of pyridine rings is 2. The normalized spacial score (nSPS) is 20.6. The maximum atomic E-state index is 14.4. The van der Waals surface area contributed by atoms with Gasteiger partial charge in [-0.2, -0.15) is 13.2 Å². The summed E-state index contributed by atoms with van der Waals surface area (Å²) in [6, 6.07) is 2.53. The molecule has 34 heavy (non-hydrogen) atoms. The number of piperidine rings is 1. The lowest BCUT2D eigenvalue weighted by Crippen LogP contribution is -2.49. The van der Waals surface area contributed by atoms with E-state index in [-0.39, 0.29) is 40.7 Å². The Morgan fingerprint density at radius 3 is 2.50 bits per heavy atom. The zero-order chi connectivity index (χ0) is 25.1. The molecule has 0 bridgehead atoms. The first-order valence-electron chi connectivity index (χ1n) is 10.4. The Balaban J connectivity index is 1.75. The van der Waals surface area contributed by atoms with Crippen molar-refractivity contribution in [1.29, 1.82) is 4.78 Å². The third-order valence-electron chi connectivity index (χ3n) is 6.36. The van der Waals surface area contributed by atoms with Crippen LogP contribution < -0.4 is 10.2 Å². The van der Waals surface area contributed by atoms with Crippen molar-refractivity contribution < 1.29 is 31.0 Å². The fourth-order valence-electron chi connectivity index (χ4n) is 4.24. The van der Waals surface area contributed by atoms with Crippen molar-refractivity contribution in [3.63, 3.8) is 0 Å². The molecule has 0 aromatic carbocycles. The molecule has 2 aliphatic rings. The molecule has 4 rings (SSSR count). The zero-order valence-electron chi connectivity index (χ0n) is 18.3. The van der Waals surface area contributed by atoms with E-state index in [0.717, 1.165) is 13.2 Å². The number of hydrogen-bond acceptors (Lipinski definition) is 6. The monoisotopic (exact) mass is 503 g/mol. The molecule has 1 aliphatic heterocycles. The zero-order valence-corrected chi connectivity index (χ0v) is 19.1. The fourth-order valence-corrected chi connectivity index (χ4v) is 4.85. The van der Waals surface area contributed by atoms with Gasteiger partial charge in [-0.3, -0.25) is 4.79 Å². The lowest BCUT2D eigenvalue weighted by molar-refractivity contribution is -0.138. The van der Waals surface area contributed by atoms with Gasteiger partial charge in [0.2, 0.25) is 0 Å². The second-order valence-corrected chi connectivity index (χ2v) is 10.9. The van der Waals surface area contributed by atoms with Crippen LogP contribution in [0.4, 0.5) is 33.5 Å². The van der Waals surface area contributed by atoms with Crippen molar-refractivity contribution in [2.75, 3.05) is 29.6 Å². The number of aromatic nitrogens is 2. The molecule has 7 nitrogen and oxygen atoms in total. The number of anilines is 2. The van der Waals surface area contributed by atoms with Gasteiger partial charge < -0.3 is 10.2 Å². The van der Waals surface area contributed by atoms with E-state index in [1.165, 1.54) is 23.2 Å². The van der Waals surface area contributed by atoms with Gasteiger partial charge in [0.1, 0.15) is 10.8 Å². The van der Waals surface area contributed by atoms with Crippen LogP contribution in [-0.4, -0.2) is 45.4 Å². The highest BCUT2D eigenvalue weighted by Gasteiger charge is 2.64. The number of alkyl halides is 5. The van der Waals surface area contributed by atoms with Crippen LogP contribution in [0.1, 0.15) is 40.7 Å². The van der Waals surface area contributed by atoms with E-state index < -0.39 is 45.1 Å². The SMILES string of the molecule is Cc1c(C(F)(F)F)cnc(N2CCC(F)(F)C3(CC3)C2)c1C(=O)Nc1ccnc([S@](C)(=N)=O)c1. The van der Waals surface area contributed by atoms with E-state index in [0.29, 0.717) is 19.0 Å². The number of rotatable bonds is 4. The first-order chi connectivity index (χ1) is 15.6. The summed E-state index contributed by atoms with van der Waals surface area (Å²) >= 11 is 0. The number of nitrogens with one attached hydrogen (secondary N) is 2. The summed E-state index contributed by atoms with van der Waals surface area (Å²) in [5, 5.41) is 2.34. The van der Waals surface area contributed by atoms with Crippen molar-refractivity contribution in [1.82, 2.24) is 9.97 Å². The third-order valence-corrected chi connectivity index (χ3v) is 7.38. The lowest BCUT2D eigenvalue weighted by atomic mass is 9.89. The summed E-state index contributed by atoms with van der Waals surface area (Å²) in [5.74, 6) is -3.92. The highest BCUT2D eigenvalue weighted by Crippen LogP contribution is 2.60. The predicted molar refractivity (Wildman–Crippen MR) is 115 cm³/mol. The number of amides is 1. The van der Waals surface area contributed by atoms with Gasteiger partial charge in [0.05, 0.1) is 26.3 Å². The summed E-state index contributed by atoms with van der Waals surface area (Å²) in [7, 11) is -3.21. The first kappa shape index (κ1) is 24.3. The molecule has 184 valence electrons. The van der Waals surface area contributed by atoms with Gasteiger partial charge in [-0.1, -0.05) is 0 Å². The maximum absolute atomic E-state index is 14.4. The Kier molecular flexibility index (Phi) is 5.61. The van der Waals surface area contributed by atoms with E-state index in [9.17, 15) is 31.0 Å². The molecule has 1 saturated heterocycles. The molecule has 2 aromatic rings. The van der Waals surface area contributed by atoms with Crippen molar-refractivity contribution >= 4 is 27.1 Å². The number of hydrogen-bond donors (Lipinski definition) is 2. The summed E-state index contributed by atoms with van der Waals surface area (Å²) in [4.78, 5) is 22.4. The van der Waals surface area contributed by atoms with Gasteiger partial charge in [0.15, 0.2) is 0 Å². The minimum Gasteiger partial charge on any atom is -0.355 e. The van der Waals surface area contributed by atoms with Crippen LogP contribution in [0.2, 0.25) is 0 Å². The van der Waals surface area contributed by atoms with Crippen LogP contribution >= 0.6 is 0 Å². The quantitative estimate of drug-likeness (QED) is 0.589. The second-order valence-electron chi connectivity index (χ2n) is 8.83. The molecular weight excluding hydrogens is 481 g/mol. The van der Waals surface area contributed by atoms with Gasteiger partial charge in [0.25, 0.3) is 11.8 Å².